The van der Waals surface area contributed by atoms with E-state index in [0.29, 0.717) is 0 Å². The van der Waals surface area contributed by atoms with Crippen LogP contribution in [0.3, 0.4) is 0 Å². The number of nitrogens with zero attached hydrogens (tertiary/aromatic N) is 3. The maximum Gasteiger partial charge on any atom is 0.0900 e. The standard InChI is InChI=1S/C40H31N3S/c1-28-11-17-33(18-12-28)43(34-19-13-29(2)14-20-34)35-21-15-31(16-22-35)39-23-24-40(44-39)32-26-37(30-8-4-3-5-9-30)42-38(27-32)36-10-6-7-25-41-36/h3-27H,1-2H3. The Morgan fingerprint density at radius 1 is 0.455 bits per heavy atom. The SMILES string of the molecule is Cc1ccc(N(c2ccc(C)cc2)c2ccc(-c3ccc(-c4cc(-c5ccccc5)nc(-c5ccccn5)c4)s3)cc2)cc1. The van der Waals surface area contributed by atoms with Gasteiger partial charge in [-0.05, 0) is 97.8 Å². The molecule has 0 aliphatic carbocycles. The third-order valence-electron chi connectivity index (χ3n) is 7.71. The van der Waals surface area contributed by atoms with Gasteiger partial charge in [0.1, 0.15) is 0 Å². The molecule has 4 aromatic carbocycles. The van der Waals surface area contributed by atoms with Crippen molar-refractivity contribution in [3.8, 4) is 43.5 Å². The summed E-state index contributed by atoms with van der Waals surface area (Å²) in [5.41, 5.74) is 12.0. The molecule has 44 heavy (non-hydrogen) atoms. The van der Waals surface area contributed by atoms with Gasteiger partial charge < -0.3 is 4.90 Å². The number of anilines is 3. The molecule has 0 saturated heterocycles. The maximum atomic E-state index is 4.99. The van der Waals surface area contributed by atoms with Crippen LogP contribution in [0.25, 0.3) is 43.5 Å². The van der Waals surface area contributed by atoms with Crippen molar-refractivity contribution in [1.29, 1.82) is 0 Å². The van der Waals surface area contributed by atoms with Gasteiger partial charge in [0, 0.05) is 38.6 Å². The molecule has 0 saturated carbocycles. The third kappa shape index (κ3) is 5.81. The summed E-state index contributed by atoms with van der Waals surface area (Å²) in [7, 11) is 0. The molecule has 212 valence electrons. The molecule has 3 aromatic heterocycles. The van der Waals surface area contributed by atoms with Crippen LogP contribution in [0.4, 0.5) is 17.1 Å². The first kappa shape index (κ1) is 27.5. The van der Waals surface area contributed by atoms with E-state index in [0.717, 1.165) is 45.3 Å². The molecule has 0 atom stereocenters. The lowest BCUT2D eigenvalue weighted by Crippen LogP contribution is -2.09. The molecule has 4 heteroatoms. The number of aryl methyl sites for hydroxylation is 2. The first-order chi connectivity index (χ1) is 21.6. The van der Waals surface area contributed by atoms with Gasteiger partial charge in [-0.1, -0.05) is 83.9 Å². The predicted molar refractivity (Wildman–Crippen MR) is 186 cm³/mol. The maximum absolute atomic E-state index is 4.99. The van der Waals surface area contributed by atoms with Crippen LogP contribution in [0, 0.1) is 13.8 Å². The third-order valence-corrected chi connectivity index (χ3v) is 8.89. The summed E-state index contributed by atoms with van der Waals surface area (Å²) in [5, 5.41) is 0. The fourth-order valence-corrected chi connectivity index (χ4v) is 6.33. The van der Waals surface area contributed by atoms with Gasteiger partial charge >= 0.3 is 0 Å². The van der Waals surface area contributed by atoms with Crippen LogP contribution >= 0.6 is 11.3 Å². The summed E-state index contributed by atoms with van der Waals surface area (Å²) in [6.45, 7) is 4.25. The highest BCUT2D eigenvalue weighted by Gasteiger charge is 2.15. The van der Waals surface area contributed by atoms with Crippen molar-refractivity contribution in [2.45, 2.75) is 13.8 Å². The van der Waals surface area contributed by atoms with Gasteiger partial charge in [-0.3, -0.25) is 4.98 Å². The van der Waals surface area contributed by atoms with Gasteiger partial charge in [0.15, 0.2) is 0 Å². The minimum Gasteiger partial charge on any atom is -0.311 e. The molecule has 0 fully saturated rings. The Hall–Kier alpha value is -5.32. The second kappa shape index (κ2) is 12.1. The quantitative estimate of drug-likeness (QED) is 0.186. The highest BCUT2D eigenvalue weighted by Crippen LogP contribution is 2.39. The van der Waals surface area contributed by atoms with E-state index in [2.05, 4.69) is 145 Å². The number of thiophene rings is 1. The second-order valence-electron chi connectivity index (χ2n) is 10.9. The monoisotopic (exact) mass is 585 g/mol. The summed E-state index contributed by atoms with van der Waals surface area (Å²) >= 11 is 1.80. The molecule has 3 heterocycles. The molecule has 0 aliphatic heterocycles. The molecule has 3 nitrogen and oxygen atoms in total. The molecule has 0 bridgehead atoms. The Morgan fingerprint density at radius 3 is 1.59 bits per heavy atom. The van der Waals surface area contributed by atoms with E-state index >= 15 is 0 Å². The summed E-state index contributed by atoms with van der Waals surface area (Å²) in [6.07, 6.45) is 1.82. The van der Waals surface area contributed by atoms with Crippen molar-refractivity contribution in [2.75, 3.05) is 4.90 Å². The van der Waals surface area contributed by atoms with Gasteiger partial charge in [-0.2, -0.15) is 0 Å². The zero-order valence-electron chi connectivity index (χ0n) is 24.7. The van der Waals surface area contributed by atoms with Crippen LogP contribution in [0.1, 0.15) is 11.1 Å². The normalized spacial score (nSPS) is 11.0. The van der Waals surface area contributed by atoms with E-state index in [-0.39, 0.29) is 0 Å². The van der Waals surface area contributed by atoms with E-state index in [1.54, 1.807) is 11.3 Å². The topological polar surface area (TPSA) is 29.0 Å². The summed E-state index contributed by atoms with van der Waals surface area (Å²) in [5.74, 6) is 0. The van der Waals surface area contributed by atoms with Crippen LogP contribution in [0.15, 0.2) is 152 Å². The zero-order chi connectivity index (χ0) is 29.9. The van der Waals surface area contributed by atoms with Gasteiger partial charge in [0.2, 0.25) is 0 Å². The van der Waals surface area contributed by atoms with E-state index in [4.69, 9.17) is 4.98 Å². The second-order valence-corrected chi connectivity index (χ2v) is 12.0. The number of rotatable bonds is 7. The largest absolute Gasteiger partial charge is 0.311 e. The molecule has 0 unspecified atom stereocenters. The number of aromatic nitrogens is 2. The Bertz CT molecular complexity index is 1890. The summed E-state index contributed by atoms with van der Waals surface area (Å²) in [6, 6.07) is 51.3. The van der Waals surface area contributed by atoms with Gasteiger partial charge in [-0.25, -0.2) is 4.98 Å². The Labute approximate surface area is 262 Å². The van der Waals surface area contributed by atoms with Gasteiger partial charge in [0.25, 0.3) is 0 Å². The highest BCUT2D eigenvalue weighted by molar-refractivity contribution is 7.18. The van der Waals surface area contributed by atoms with Crippen molar-refractivity contribution in [3.05, 3.63) is 163 Å². The van der Waals surface area contributed by atoms with Crippen molar-refractivity contribution in [3.63, 3.8) is 0 Å². The molecule has 7 aromatic rings. The number of benzene rings is 4. The number of hydrogen-bond acceptors (Lipinski definition) is 4. The van der Waals surface area contributed by atoms with Crippen LogP contribution in [0.5, 0.6) is 0 Å². The lowest BCUT2D eigenvalue weighted by molar-refractivity contribution is 1.25. The van der Waals surface area contributed by atoms with Crippen molar-refractivity contribution >= 4 is 28.4 Å². The first-order valence-electron chi connectivity index (χ1n) is 14.7. The average Bonchev–Trinajstić information content (AvgIpc) is 3.58. The predicted octanol–water partition coefficient (Wildman–Crippen LogP) is 11.3. The Morgan fingerprint density at radius 2 is 1.00 bits per heavy atom. The molecular weight excluding hydrogens is 555 g/mol. The first-order valence-corrected chi connectivity index (χ1v) is 15.6. The Balaban J connectivity index is 1.23. The van der Waals surface area contributed by atoms with Crippen molar-refractivity contribution < 1.29 is 0 Å². The summed E-state index contributed by atoms with van der Waals surface area (Å²) < 4.78 is 0. The van der Waals surface area contributed by atoms with Crippen molar-refractivity contribution in [2.24, 2.45) is 0 Å². The fraction of sp³-hybridized carbons (Fsp3) is 0.0500. The van der Waals surface area contributed by atoms with Gasteiger partial charge in [0.05, 0.1) is 17.1 Å². The smallest absolute Gasteiger partial charge is 0.0900 e. The highest BCUT2D eigenvalue weighted by atomic mass is 32.1. The van der Waals surface area contributed by atoms with E-state index in [1.807, 2.05) is 30.5 Å². The lowest BCUT2D eigenvalue weighted by Gasteiger charge is -2.26. The molecular formula is C40H31N3S. The van der Waals surface area contributed by atoms with Crippen molar-refractivity contribution in [1.82, 2.24) is 9.97 Å². The minimum atomic E-state index is 0.866. The number of hydrogen-bond donors (Lipinski definition) is 0. The van der Waals surface area contributed by atoms with Gasteiger partial charge in [-0.15, -0.1) is 11.3 Å². The molecule has 0 spiro atoms. The molecule has 7 rings (SSSR count). The van der Waals surface area contributed by atoms with Crippen LogP contribution in [0.2, 0.25) is 0 Å². The molecule has 0 aliphatic rings. The minimum absolute atomic E-state index is 0.866. The Kier molecular flexibility index (Phi) is 7.58. The lowest BCUT2D eigenvalue weighted by atomic mass is 10.1. The number of pyridine rings is 2. The fourth-order valence-electron chi connectivity index (χ4n) is 5.33. The molecule has 0 amide bonds. The summed E-state index contributed by atoms with van der Waals surface area (Å²) in [4.78, 5) is 14.3. The molecule has 0 radical (unpaired) electrons. The average molecular weight is 586 g/mol. The van der Waals surface area contributed by atoms with E-state index in [1.165, 1.54) is 26.4 Å². The van der Waals surface area contributed by atoms with Crippen LogP contribution in [-0.2, 0) is 0 Å². The zero-order valence-corrected chi connectivity index (χ0v) is 25.5. The van der Waals surface area contributed by atoms with Crippen LogP contribution in [-0.4, -0.2) is 9.97 Å². The van der Waals surface area contributed by atoms with Crippen LogP contribution < -0.4 is 4.90 Å². The molecule has 0 N–H and O–H groups in total. The van der Waals surface area contributed by atoms with E-state index in [9.17, 15) is 0 Å². The van der Waals surface area contributed by atoms with E-state index < -0.39 is 0 Å².